The van der Waals surface area contributed by atoms with Gasteiger partial charge < -0.3 is 0 Å². The molecule has 0 aliphatic carbocycles. The number of benzene rings is 2. The Morgan fingerprint density at radius 3 is 2.52 bits per heavy atom. The SMILES string of the molecule is Cc1ccncc1-c1ccc(NS(=O)(=O)c2ccccc2)c(C#N)c1. The maximum atomic E-state index is 12.4. The number of hydrogen-bond acceptors (Lipinski definition) is 4. The van der Waals surface area contributed by atoms with Crippen molar-refractivity contribution in [3.63, 3.8) is 0 Å². The first kappa shape index (κ1) is 16.7. The number of pyridine rings is 1. The second-order valence-corrected chi connectivity index (χ2v) is 7.16. The van der Waals surface area contributed by atoms with Crippen molar-refractivity contribution in [3.05, 3.63) is 78.1 Å². The third-order valence-electron chi connectivity index (χ3n) is 3.79. The molecular weight excluding hydrogens is 334 g/mol. The molecule has 0 aliphatic heterocycles. The first-order valence-electron chi connectivity index (χ1n) is 7.54. The van der Waals surface area contributed by atoms with Gasteiger partial charge in [0.15, 0.2) is 0 Å². The summed E-state index contributed by atoms with van der Waals surface area (Å²) in [5.41, 5.74) is 3.23. The van der Waals surface area contributed by atoms with Gasteiger partial charge in [-0.2, -0.15) is 5.26 Å². The van der Waals surface area contributed by atoms with Crippen molar-refractivity contribution >= 4 is 15.7 Å². The summed E-state index contributed by atoms with van der Waals surface area (Å²) in [5.74, 6) is 0. The molecule has 1 N–H and O–H groups in total. The van der Waals surface area contributed by atoms with Gasteiger partial charge in [0.2, 0.25) is 0 Å². The van der Waals surface area contributed by atoms with E-state index in [1.54, 1.807) is 48.8 Å². The minimum Gasteiger partial charge on any atom is -0.278 e. The summed E-state index contributed by atoms with van der Waals surface area (Å²) in [4.78, 5) is 4.25. The molecule has 2 aromatic carbocycles. The van der Waals surface area contributed by atoms with Crippen LogP contribution < -0.4 is 4.72 Å². The highest BCUT2D eigenvalue weighted by Gasteiger charge is 2.16. The summed E-state index contributed by atoms with van der Waals surface area (Å²) < 4.78 is 27.4. The van der Waals surface area contributed by atoms with Crippen molar-refractivity contribution in [2.24, 2.45) is 0 Å². The molecule has 0 saturated heterocycles. The van der Waals surface area contributed by atoms with Gasteiger partial charge in [-0.05, 0) is 48.4 Å². The second-order valence-electron chi connectivity index (χ2n) is 5.48. The number of nitriles is 1. The van der Waals surface area contributed by atoms with Gasteiger partial charge in [-0.1, -0.05) is 24.3 Å². The molecule has 124 valence electrons. The molecular formula is C19H15N3O2S. The number of aryl methyl sites for hydroxylation is 1. The Bertz CT molecular complexity index is 1060. The zero-order chi connectivity index (χ0) is 17.9. The first-order chi connectivity index (χ1) is 12.0. The summed E-state index contributed by atoms with van der Waals surface area (Å²) in [7, 11) is -3.75. The van der Waals surface area contributed by atoms with E-state index in [0.717, 1.165) is 16.7 Å². The van der Waals surface area contributed by atoms with Crippen molar-refractivity contribution in [3.8, 4) is 17.2 Å². The van der Waals surface area contributed by atoms with Gasteiger partial charge in [0.1, 0.15) is 6.07 Å². The van der Waals surface area contributed by atoms with Crippen molar-refractivity contribution in [1.82, 2.24) is 4.98 Å². The van der Waals surface area contributed by atoms with Crippen LogP contribution in [0.5, 0.6) is 0 Å². The van der Waals surface area contributed by atoms with E-state index in [0.29, 0.717) is 0 Å². The van der Waals surface area contributed by atoms with E-state index in [4.69, 9.17) is 0 Å². The molecule has 1 aromatic heterocycles. The van der Waals surface area contributed by atoms with Crippen LogP contribution in [0.3, 0.4) is 0 Å². The average molecular weight is 349 g/mol. The Labute approximate surface area is 146 Å². The number of rotatable bonds is 4. The first-order valence-corrected chi connectivity index (χ1v) is 9.02. The molecule has 0 radical (unpaired) electrons. The Balaban J connectivity index is 1.99. The highest BCUT2D eigenvalue weighted by molar-refractivity contribution is 7.92. The van der Waals surface area contributed by atoms with E-state index >= 15 is 0 Å². The van der Waals surface area contributed by atoms with Gasteiger partial charge in [0, 0.05) is 18.0 Å². The fraction of sp³-hybridized carbons (Fsp3) is 0.0526. The van der Waals surface area contributed by atoms with Crippen LogP contribution in [0.15, 0.2) is 71.9 Å². The van der Waals surface area contributed by atoms with Gasteiger partial charge in [0.25, 0.3) is 10.0 Å². The van der Waals surface area contributed by atoms with Crippen LogP contribution >= 0.6 is 0 Å². The summed E-state index contributed by atoms with van der Waals surface area (Å²) in [6.45, 7) is 1.95. The predicted octanol–water partition coefficient (Wildman–Crippen LogP) is 3.73. The summed E-state index contributed by atoms with van der Waals surface area (Å²) in [6, 6.07) is 17.0. The van der Waals surface area contributed by atoms with Gasteiger partial charge >= 0.3 is 0 Å². The van der Waals surface area contributed by atoms with E-state index < -0.39 is 10.0 Å². The molecule has 0 aliphatic rings. The van der Waals surface area contributed by atoms with Crippen LogP contribution in [0.2, 0.25) is 0 Å². The lowest BCUT2D eigenvalue weighted by molar-refractivity contribution is 0.601. The lowest BCUT2D eigenvalue weighted by Crippen LogP contribution is -2.13. The molecule has 0 unspecified atom stereocenters. The van der Waals surface area contributed by atoms with E-state index in [1.165, 1.54) is 12.1 Å². The average Bonchev–Trinajstić information content (AvgIpc) is 2.63. The fourth-order valence-corrected chi connectivity index (χ4v) is 3.56. The van der Waals surface area contributed by atoms with Crippen molar-refractivity contribution in [1.29, 1.82) is 5.26 Å². The molecule has 0 spiro atoms. The Kier molecular flexibility index (Phi) is 4.50. The van der Waals surface area contributed by atoms with Crippen molar-refractivity contribution in [2.75, 3.05) is 4.72 Å². The second kappa shape index (κ2) is 6.75. The topological polar surface area (TPSA) is 82.8 Å². The van der Waals surface area contributed by atoms with E-state index in [9.17, 15) is 13.7 Å². The molecule has 6 heteroatoms. The van der Waals surface area contributed by atoms with Gasteiger partial charge in [-0.15, -0.1) is 0 Å². The van der Waals surface area contributed by atoms with Crippen LogP contribution in [0, 0.1) is 18.3 Å². The predicted molar refractivity (Wildman–Crippen MR) is 96.4 cm³/mol. The van der Waals surface area contributed by atoms with Crippen molar-refractivity contribution < 1.29 is 8.42 Å². The Morgan fingerprint density at radius 1 is 1.08 bits per heavy atom. The van der Waals surface area contributed by atoms with Crippen LogP contribution in [-0.4, -0.2) is 13.4 Å². The monoisotopic (exact) mass is 349 g/mol. The molecule has 5 nitrogen and oxygen atoms in total. The smallest absolute Gasteiger partial charge is 0.261 e. The van der Waals surface area contributed by atoms with Gasteiger partial charge in [0.05, 0.1) is 16.1 Å². The van der Waals surface area contributed by atoms with Crippen molar-refractivity contribution in [2.45, 2.75) is 11.8 Å². The molecule has 1 heterocycles. The standard InChI is InChI=1S/C19H15N3O2S/c1-14-9-10-21-13-18(14)15-7-8-19(16(11-15)12-20)22-25(23,24)17-5-3-2-4-6-17/h2-11,13,22H,1H3. The maximum Gasteiger partial charge on any atom is 0.261 e. The summed E-state index contributed by atoms with van der Waals surface area (Å²) in [5, 5.41) is 9.43. The quantitative estimate of drug-likeness (QED) is 0.778. The summed E-state index contributed by atoms with van der Waals surface area (Å²) >= 11 is 0. The summed E-state index contributed by atoms with van der Waals surface area (Å²) in [6.07, 6.45) is 3.42. The fourth-order valence-electron chi connectivity index (χ4n) is 2.46. The Hall–Kier alpha value is -3.17. The van der Waals surface area contributed by atoms with Crippen LogP contribution in [0.25, 0.3) is 11.1 Å². The van der Waals surface area contributed by atoms with Gasteiger partial charge in [-0.25, -0.2) is 8.42 Å². The minimum absolute atomic E-state index is 0.145. The molecule has 0 atom stereocenters. The molecule has 0 amide bonds. The van der Waals surface area contributed by atoms with E-state index in [2.05, 4.69) is 15.8 Å². The zero-order valence-electron chi connectivity index (χ0n) is 13.5. The van der Waals surface area contributed by atoms with E-state index in [-0.39, 0.29) is 16.1 Å². The third kappa shape index (κ3) is 3.52. The highest BCUT2D eigenvalue weighted by Crippen LogP contribution is 2.28. The number of anilines is 1. The molecule has 3 aromatic rings. The normalized spacial score (nSPS) is 10.9. The third-order valence-corrected chi connectivity index (χ3v) is 5.17. The van der Waals surface area contributed by atoms with Crippen LogP contribution in [0.4, 0.5) is 5.69 Å². The van der Waals surface area contributed by atoms with Crippen LogP contribution in [-0.2, 0) is 10.0 Å². The minimum atomic E-state index is -3.75. The Morgan fingerprint density at radius 2 is 1.84 bits per heavy atom. The number of aromatic nitrogens is 1. The van der Waals surface area contributed by atoms with Gasteiger partial charge in [-0.3, -0.25) is 9.71 Å². The largest absolute Gasteiger partial charge is 0.278 e. The lowest BCUT2D eigenvalue weighted by Gasteiger charge is -2.11. The number of nitrogens with one attached hydrogen (secondary N) is 1. The zero-order valence-corrected chi connectivity index (χ0v) is 14.3. The number of nitrogens with zero attached hydrogens (tertiary/aromatic N) is 2. The molecule has 0 fully saturated rings. The van der Waals surface area contributed by atoms with E-state index in [1.807, 2.05) is 13.0 Å². The maximum absolute atomic E-state index is 12.4. The lowest BCUT2D eigenvalue weighted by atomic mass is 10.0. The molecule has 0 bridgehead atoms. The molecule has 0 saturated carbocycles. The number of hydrogen-bond donors (Lipinski definition) is 1. The highest BCUT2D eigenvalue weighted by atomic mass is 32.2. The number of sulfonamides is 1. The molecule has 25 heavy (non-hydrogen) atoms. The molecule has 3 rings (SSSR count). The van der Waals surface area contributed by atoms with Crippen LogP contribution in [0.1, 0.15) is 11.1 Å².